The first-order valence-corrected chi connectivity index (χ1v) is 14.1. The zero-order valence-electron chi connectivity index (χ0n) is 19.8. The lowest BCUT2D eigenvalue weighted by Crippen LogP contribution is -2.40. The summed E-state index contributed by atoms with van der Waals surface area (Å²) in [7, 11) is -3.72. The number of ether oxygens (including phenoxy) is 2. The number of carbonyl (C=O) groups excluding carboxylic acids is 1. The Morgan fingerprint density at radius 2 is 1.92 bits per heavy atom. The van der Waals surface area contributed by atoms with Gasteiger partial charge in [-0.25, -0.2) is 23.2 Å². The standard InChI is InChI=1S/C25H23ClN4O5S2/c1-16-21-23(27-15-28-24(21)36-22(16)25(31)35-14-17-5-3-2-4-6-17)29-20-13-18(7-8-19(20)26)37(32,33)30-9-11-34-12-10-30/h2-8,13,15H,9-12,14H2,1H3,(H,27,28,29). The molecule has 5 rings (SSSR count). The second-order valence-electron chi connectivity index (χ2n) is 8.30. The summed E-state index contributed by atoms with van der Waals surface area (Å²) in [5.74, 6) is -0.0457. The molecule has 1 saturated heterocycles. The van der Waals surface area contributed by atoms with Gasteiger partial charge in [-0.1, -0.05) is 41.9 Å². The lowest BCUT2D eigenvalue weighted by molar-refractivity contribution is 0.0478. The first kappa shape index (κ1) is 25.6. The summed E-state index contributed by atoms with van der Waals surface area (Å²) < 4.78 is 38.5. The molecular weight excluding hydrogens is 536 g/mol. The maximum absolute atomic E-state index is 13.1. The largest absolute Gasteiger partial charge is 0.457 e. The van der Waals surface area contributed by atoms with Crippen LogP contribution < -0.4 is 5.32 Å². The fourth-order valence-electron chi connectivity index (χ4n) is 3.97. The maximum atomic E-state index is 13.1. The Kier molecular flexibility index (Phi) is 7.40. The summed E-state index contributed by atoms with van der Waals surface area (Å²) in [5, 5.41) is 4.10. The van der Waals surface area contributed by atoms with Crippen molar-refractivity contribution in [2.75, 3.05) is 31.6 Å². The van der Waals surface area contributed by atoms with Gasteiger partial charge in [0.15, 0.2) is 0 Å². The first-order chi connectivity index (χ1) is 17.8. The number of hydrogen-bond donors (Lipinski definition) is 1. The second kappa shape index (κ2) is 10.7. The van der Waals surface area contributed by atoms with Crippen molar-refractivity contribution in [2.45, 2.75) is 18.4 Å². The van der Waals surface area contributed by atoms with Crippen LogP contribution in [0.4, 0.5) is 11.5 Å². The van der Waals surface area contributed by atoms with E-state index in [9.17, 15) is 13.2 Å². The summed E-state index contributed by atoms with van der Waals surface area (Å²) in [4.78, 5) is 22.6. The molecule has 1 aliphatic heterocycles. The van der Waals surface area contributed by atoms with Crippen LogP contribution in [0.3, 0.4) is 0 Å². The van der Waals surface area contributed by atoms with Crippen LogP contribution in [0.1, 0.15) is 20.8 Å². The predicted octanol–water partition coefficient (Wildman–Crippen LogP) is 4.77. The van der Waals surface area contributed by atoms with E-state index >= 15 is 0 Å². The molecule has 1 aliphatic rings. The average molecular weight is 559 g/mol. The van der Waals surface area contributed by atoms with Crippen molar-refractivity contribution in [1.82, 2.24) is 14.3 Å². The maximum Gasteiger partial charge on any atom is 0.349 e. The number of esters is 1. The minimum Gasteiger partial charge on any atom is -0.457 e. The fraction of sp³-hybridized carbons (Fsp3) is 0.240. The predicted molar refractivity (Wildman–Crippen MR) is 142 cm³/mol. The van der Waals surface area contributed by atoms with Gasteiger partial charge in [0.25, 0.3) is 0 Å². The minimum absolute atomic E-state index is 0.110. The van der Waals surface area contributed by atoms with E-state index in [1.807, 2.05) is 30.3 Å². The number of anilines is 2. The molecule has 4 aromatic rings. The molecule has 2 aromatic heterocycles. The van der Waals surface area contributed by atoms with Crippen molar-refractivity contribution in [2.24, 2.45) is 0 Å². The Labute approximate surface area is 223 Å². The van der Waals surface area contributed by atoms with Crippen LogP contribution >= 0.6 is 22.9 Å². The Morgan fingerprint density at radius 3 is 2.68 bits per heavy atom. The van der Waals surface area contributed by atoms with Crippen LogP contribution in [0.25, 0.3) is 10.2 Å². The molecule has 0 bridgehead atoms. The van der Waals surface area contributed by atoms with Gasteiger partial charge in [-0.3, -0.25) is 0 Å². The average Bonchev–Trinajstić information content (AvgIpc) is 3.27. The number of thiophene rings is 1. The number of nitrogens with one attached hydrogen (secondary N) is 1. The number of aromatic nitrogens is 2. The molecule has 0 unspecified atom stereocenters. The second-order valence-corrected chi connectivity index (χ2v) is 11.6. The van der Waals surface area contributed by atoms with E-state index < -0.39 is 16.0 Å². The molecule has 0 saturated carbocycles. The minimum atomic E-state index is -3.72. The van der Waals surface area contributed by atoms with Gasteiger partial charge < -0.3 is 14.8 Å². The zero-order chi connectivity index (χ0) is 26.0. The number of fused-ring (bicyclic) bond motifs is 1. The first-order valence-electron chi connectivity index (χ1n) is 11.4. The normalized spacial score (nSPS) is 14.5. The summed E-state index contributed by atoms with van der Waals surface area (Å²) in [6.07, 6.45) is 1.38. The van der Waals surface area contributed by atoms with Gasteiger partial charge in [-0.05, 0) is 36.2 Å². The SMILES string of the molecule is Cc1c(C(=O)OCc2ccccc2)sc2ncnc(Nc3cc(S(=O)(=O)N4CCOCC4)ccc3Cl)c12. The summed E-state index contributed by atoms with van der Waals surface area (Å²) in [5.41, 5.74) is 1.92. The molecule has 0 atom stereocenters. The highest BCUT2D eigenvalue weighted by molar-refractivity contribution is 7.89. The topological polar surface area (TPSA) is 111 Å². The molecule has 2 aromatic carbocycles. The van der Waals surface area contributed by atoms with Gasteiger partial charge in [0.05, 0.1) is 34.2 Å². The number of carbonyl (C=O) groups is 1. The fourth-order valence-corrected chi connectivity index (χ4v) is 6.62. The van der Waals surface area contributed by atoms with E-state index in [1.54, 1.807) is 6.92 Å². The molecule has 37 heavy (non-hydrogen) atoms. The lowest BCUT2D eigenvalue weighted by Gasteiger charge is -2.26. The smallest absolute Gasteiger partial charge is 0.349 e. The summed E-state index contributed by atoms with van der Waals surface area (Å²) >= 11 is 7.63. The lowest BCUT2D eigenvalue weighted by atomic mass is 10.2. The number of benzene rings is 2. The van der Waals surface area contributed by atoms with E-state index in [2.05, 4.69) is 15.3 Å². The van der Waals surface area contributed by atoms with Crippen LogP contribution in [-0.4, -0.2) is 55.0 Å². The van der Waals surface area contributed by atoms with Crippen molar-refractivity contribution in [3.8, 4) is 0 Å². The van der Waals surface area contributed by atoms with Gasteiger partial charge >= 0.3 is 5.97 Å². The molecule has 0 amide bonds. The number of hydrogen-bond acceptors (Lipinski definition) is 9. The van der Waals surface area contributed by atoms with E-state index in [1.165, 1.54) is 40.2 Å². The van der Waals surface area contributed by atoms with Crippen molar-refractivity contribution < 1.29 is 22.7 Å². The number of sulfonamides is 1. The van der Waals surface area contributed by atoms with Gasteiger partial charge in [-0.15, -0.1) is 11.3 Å². The van der Waals surface area contributed by atoms with E-state index in [0.29, 0.717) is 50.4 Å². The number of morpholine rings is 1. The van der Waals surface area contributed by atoms with Crippen LogP contribution in [0, 0.1) is 6.92 Å². The third-order valence-electron chi connectivity index (χ3n) is 5.92. The summed E-state index contributed by atoms with van der Waals surface area (Å²) in [6.45, 7) is 3.24. The summed E-state index contributed by atoms with van der Waals surface area (Å²) in [6, 6.07) is 13.9. The van der Waals surface area contributed by atoms with Gasteiger partial charge in [0, 0.05) is 13.1 Å². The highest BCUT2D eigenvalue weighted by atomic mass is 35.5. The molecule has 1 N–H and O–H groups in total. The van der Waals surface area contributed by atoms with E-state index in [0.717, 1.165) is 5.56 Å². The Hall–Kier alpha value is -3.09. The number of aryl methyl sites for hydroxylation is 1. The van der Waals surface area contributed by atoms with Crippen LogP contribution in [0.5, 0.6) is 0 Å². The monoisotopic (exact) mass is 558 g/mol. The number of rotatable bonds is 7. The molecule has 0 aliphatic carbocycles. The van der Waals surface area contributed by atoms with Crippen molar-refractivity contribution in [3.63, 3.8) is 0 Å². The molecule has 1 fully saturated rings. The van der Waals surface area contributed by atoms with Gasteiger partial charge in [0.1, 0.15) is 28.5 Å². The van der Waals surface area contributed by atoms with Gasteiger partial charge in [-0.2, -0.15) is 4.31 Å². The molecule has 12 heteroatoms. The molecule has 3 heterocycles. The third-order valence-corrected chi connectivity index (χ3v) is 9.33. The van der Waals surface area contributed by atoms with Crippen LogP contribution in [0.15, 0.2) is 59.8 Å². The van der Waals surface area contributed by atoms with E-state index in [4.69, 9.17) is 21.1 Å². The van der Waals surface area contributed by atoms with Crippen molar-refractivity contribution in [3.05, 3.63) is 75.9 Å². The van der Waals surface area contributed by atoms with Crippen LogP contribution in [0.2, 0.25) is 5.02 Å². The Morgan fingerprint density at radius 1 is 1.16 bits per heavy atom. The van der Waals surface area contributed by atoms with Gasteiger partial charge in [0.2, 0.25) is 10.0 Å². The number of halogens is 1. The quantitative estimate of drug-likeness (QED) is 0.323. The molecule has 9 nitrogen and oxygen atoms in total. The highest BCUT2D eigenvalue weighted by Gasteiger charge is 2.27. The van der Waals surface area contributed by atoms with Crippen LogP contribution in [-0.2, 0) is 26.1 Å². The Balaban J connectivity index is 1.43. The molecule has 192 valence electrons. The zero-order valence-corrected chi connectivity index (χ0v) is 22.2. The molecular formula is C25H23ClN4O5S2. The molecule has 0 spiro atoms. The van der Waals surface area contributed by atoms with E-state index in [-0.39, 0.29) is 24.6 Å². The Bertz CT molecular complexity index is 1550. The highest BCUT2D eigenvalue weighted by Crippen LogP contribution is 2.37. The van der Waals surface area contributed by atoms with Crippen molar-refractivity contribution in [1.29, 1.82) is 0 Å². The van der Waals surface area contributed by atoms with Crippen molar-refractivity contribution >= 4 is 60.7 Å². The molecule has 0 radical (unpaired) electrons. The number of nitrogens with zero attached hydrogens (tertiary/aromatic N) is 3. The third kappa shape index (κ3) is 5.32.